The highest BCUT2D eigenvalue weighted by Gasteiger charge is 2.28. The normalized spacial score (nSPS) is 16.0. The third-order valence-electron chi connectivity index (χ3n) is 4.14. The smallest absolute Gasteiger partial charge is 0.244 e. The number of hydrogen-bond acceptors (Lipinski definition) is 4. The summed E-state index contributed by atoms with van der Waals surface area (Å²) in [5.41, 5.74) is 0.889. The van der Waals surface area contributed by atoms with E-state index in [0.29, 0.717) is 13.1 Å². The number of hydrogen-bond donors (Lipinski definition) is 1. The molecule has 1 N–H and O–H groups in total. The molecule has 2 rings (SSSR count). The summed E-state index contributed by atoms with van der Waals surface area (Å²) in [5.74, 6) is -0.0114. The van der Waals surface area contributed by atoms with Gasteiger partial charge in [-0.3, -0.25) is 4.79 Å². The first-order chi connectivity index (χ1) is 11.2. The maximum atomic E-state index is 12.8. The Morgan fingerprint density at radius 3 is 2.54 bits per heavy atom. The molecule has 1 aromatic rings. The van der Waals surface area contributed by atoms with E-state index in [0.717, 1.165) is 23.0 Å². The van der Waals surface area contributed by atoms with Gasteiger partial charge in [-0.25, -0.2) is 8.42 Å². The van der Waals surface area contributed by atoms with Gasteiger partial charge in [0.25, 0.3) is 0 Å². The highest BCUT2D eigenvalue weighted by Crippen LogP contribution is 2.28. The Morgan fingerprint density at radius 2 is 1.96 bits per heavy atom. The molecule has 0 saturated carbocycles. The summed E-state index contributed by atoms with van der Waals surface area (Å²) in [6.45, 7) is 6.42. The van der Waals surface area contributed by atoms with Crippen molar-refractivity contribution in [1.29, 1.82) is 0 Å². The monoisotopic (exact) mass is 373 g/mol. The van der Waals surface area contributed by atoms with E-state index in [2.05, 4.69) is 5.32 Å². The van der Waals surface area contributed by atoms with E-state index in [1.165, 1.54) is 7.05 Å². The van der Waals surface area contributed by atoms with Gasteiger partial charge in [0.05, 0.1) is 11.6 Å². The predicted octanol–water partition coefficient (Wildman–Crippen LogP) is 1.52. The third kappa shape index (κ3) is 4.27. The van der Waals surface area contributed by atoms with E-state index in [4.69, 9.17) is 11.6 Å². The van der Waals surface area contributed by atoms with Crippen LogP contribution < -0.4 is 5.32 Å². The lowest BCUT2D eigenvalue weighted by molar-refractivity contribution is -0.131. The molecule has 1 fully saturated rings. The number of carbonyl (C=O) groups is 1. The largest absolute Gasteiger partial charge is 0.339 e. The van der Waals surface area contributed by atoms with Crippen molar-refractivity contribution in [3.63, 3.8) is 0 Å². The Balaban J connectivity index is 2.19. The molecule has 24 heavy (non-hydrogen) atoms. The second-order valence-corrected chi connectivity index (χ2v) is 8.66. The average molecular weight is 374 g/mol. The number of carbonyl (C=O) groups excluding carboxylic acids is 1. The van der Waals surface area contributed by atoms with Crippen LogP contribution in [0, 0.1) is 0 Å². The third-order valence-corrected chi connectivity index (χ3v) is 6.42. The molecule has 0 radical (unpaired) electrons. The van der Waals surface area contributed by atoms with Crippen molar-refractivity contribution >= 4 is 27.5 Å². The number of piperazine rings is 1. The molecule has 6 nitrogen and oxygen atoms in total. The molecule has 1 heterocycles. The fourth-order valence-electron chi connectivity index (χ4n) is 2.53. The van der Waals surface area contributed by atoms with E-state index in [1.807, 2.05) is 19.9 Å². The van der Waals surface area contributed by atoms with E-state index >= 15 is 0 Å². The van der Waals surface area contributed by atoms with Crippen LogP contribution in [0.2, 0.25) is 5.02 Å². The molecule has 1 amide bonds. The first kappa shape index (κ1) is 19.2. The van der Waals surface area contributed by atoms with Gasteiger partial charge in [-0.1, -0.05) is 31.5 Å². The fourth-order valence-corrected chi connectivity index (χ4v) is 4.16. The molecule has 0 aliphatic carbocycles. The summed E-state index contributed by atoms with van der Waals surface area (Å²) in [4.78, 5) is 14.0. The van der Waals surface area contributed by atoms with Crippen molar-refractivity contribution in [2.75, 3.05) is 39.8 Å². The number of rotatable bonds is 5. The van der Waals surface area contributed by atoms with Crippen molar-refractivity contribution in [2.45, 2.75) is 24.7 Å². The molecule has 1 aromatic carbocycles. The maximum absolute atomic E-state index is 12.8. The Hall–Kier alpha value is -1.15. The molecule has 1 aliphatic rings. The van der Waals surface area contributed by atoms with Gasteiger partial charge in [-0.2, -0.15) is 4.31 Å². The van der Waals surface area contributed by atoms with Crippen LogP contribution >= 0.6 is 11.6 Å². The molecule has 0 atom stereocenters. The van der Waals surface area contributed by atoms with Gasteiger partial charge in [-0.05, 0) is 23.6 Å². The second-order valence-electron chi connectivity index (χ2n) is 6.24. The molecule has 1 saturated heterocycles. The summed E-state index contributed by atoms with van der Waals surface area (Å²) in [6.07, 6.45) is 0. The second kappa shape index (κ2) is 7.82. The fraction of sp³-hybridized carbons (Fsp3) is 0.562. The lowest BCUT2D eigenvalue weighted by Crippen LogP contribution is -2.49. The van der Waals surface area contributed by atoms with Crippen molar-refractivity contribution < 1.29 is 13.2 Å². The maximum Gasteiger partial charge on any atom is 0.244 e. The zero-order valence-electron chi connectivity index (χ0n) is 14.3. The molecule has 134 valence electrons. The summed E-state index contributed by atoms with van der Waals surface area (Å²) >= 11 is 6.11. The van der Waals surface area contributed by atoms with Gasteiger partial charge in [0.15, 0.2) is 0 Å². The first-order valence-electron chi connectivity index (χ1n) is 7.97. The zero-order valence-corrected chi connectivity index (χ0v) is 15.8. The first-order valence-corrected chi connectivity index (χ1v) is 9.79. The Kier molecular flexibility index (Phi) is 6.25. The zero-order chi connectivity index (χ0) is 17.9. The van der Waals surface area contributed by atoms with Crippen LogP contribution in [0.1, 0.15) is 25.3 Å². The topological polar surface area (TPSA) is 69.7 Å². The van der Waals surface area contributed by atoms with Gasteiger partial charge in [0, 0.05) is 33.2 Å². The van der Waals surface area contributed by atoms with Gasteiger partial charge in [0.1, 0.15) is 4.90 Å². The van der Waals surface area contributed by atoms with Crippen LogP contribution in [0.3, 0.4) is 0 Å². The van der Waals surface area contributed by atoms with Crippen molar-refractivity contribution in [3.8, 4) is 0 Å². The summed E-state index contributed by atoms with van der Waals surface area (Å²) in [6, 6.07) is 5.00. The Labute approximate surface area is 148 Å². The minimum absolute atomic E-state index is 0.0472. The molecular weight excluding hydrogens is 350 g/mol. The highest BCUT2D eigenvalue weighted by molar-refractivity contribution is 7.89. The number of sulfonamides is 1. The summed E-state index contributed by atoms with van der Waals surface area (Å²) in [5, 5.41) is 3.33. The standard InChI is InChI=1S/C16H24ClN3O3S/c1-12(2)13-4-5-14(17)15(10-13)24(22,23)19(3)11-16(21)20-8-6-18-7-9-20/h4-5,10,12,18H,6-9,11H2,1-3H3. The van der Waals surface area contributed by atoms with Crippen LogP contribution in [-0.2, 0) is 14.8 Å². The van der Waals surface area contributed by atoms with Gasteiger partial charge in [-0.15, -0.1) is 0 Å². The van der Waals surface area contributed by atoms with Crippen LogP contribution in [-0.4, -0.2) is 63.3 Å². The molecule has 0 spiro atoms. The lowest BCUT2D eigenvalue weighted by Gasteiger charge is -2.29. The van der Waals surface area contributed by atoms with Crippen LogP contribution in [0.25, 0.3) is 0 Å². The quantitative estimate of drug-likeness (QED) is 0.849. The van der Waals surface area contributed by atoms with Crippen molar-refractivity contribution in [1.82, 2.24) is 14.5 Å². The molecule has 1 aliphatic heterocycles. The summed E-state index contributed by atoms with van der Waals surface area (Å²) < 4.78 is 26.7. The Morgan fingerprint density at radius 1 is 1.33 bits per heavy atom. The predicted molar refractivity (Wildman–Crippen MR) is 94.8 cm³/mol. The van der Waals surface area contributed by atoms with Crippen molar-refractivity contribution in [2.24, 2.45) is 0 Å². The number of likely N-dealkylation sites (N-methyl/N-ethyl adjacent to an activating group) is 1. The van der Waals surface area contributed by atoms with Gasteiger partial charge >= 0.3 is 0 Å². The van der Waals surface area contributed by atoms with E-state index in [1.54, 1.807) is 17.0 Å². The SMILES string of the molecule is CC(C)c1ccc(Cl)c(S(=O)(=O)N(C)CC(=O)N2CCNCC2)c1. The van der Waals surface area contributed by atoms with Crippen molar-refractivity contribution in [3.05, 3.63) is 28.8 Å². The molecule has 0 aromatic heterocycles. The minimum Gasteiger partial charge on any atom is -0.339 e. The number of nitrogens with one attached hydrogen (secondary N) is 1. The number of nitrogens with zero attached hydrogens (tertiary/aromatic N) is 2. The highest BCUT2D eigenvalue weighted by atomic mass is 35.5. The lowest BCUT2D eigenvalue weighted by atomic mass is 10.0. The number of halogens is 1. The van der Waals surface area contributed by atoms with E-state index in [9.17, 15) is 13.2 Å². The van der Waals surface area contributed by atoms with E-state index < -0.39 is 10.0 Å². The minimum atomic E-state index is -3.82. The molecule has 8 heteroatoms. The van der Waals surface area contributed by atoms with Crippen LogP contribution in [0.4, 0.5) is 0 Å². The average Bonchev–Trinajstić information content (AvgIpc) is 2.55. The molecule has 0 bridgehead atoms. The molecule has 0 unspecified atom stereocenters. The van der Waals surface area contributed by atoms with Crippen LogP contribution in [0.5, 0.6) is 0 Å². The molecular formula is C16H24ClN3O3S. The van der Waals surface area contributed by atoms with Gasteiger partial charge in [0.2, 0.25) is 15.9 Å². The number of benzene rings is 1. The van der Waals surface area contributed by atoms with Gasteiger partial charge < -0.3 is 10.2 Å². The van der Waals surface area contributed by atoms with E-state index in [-0.39, 0.29) is 28.3 Å². The number of amides is 1. The summed E-state index contributed by atoms with van der Waals surface area (Å²) in [7, 11) is -2.41. The van der Waals surface area contributed by atoms with Crippen LogP contribution in [0.15, 0.2) is 23.1 Å². The Bertz CT molecular complexity index is 701.